The molecule has 4 nitrogen and oxygen atoms in total. The maximum Gasteiger partial charge on any atom is 0.312 e. The van der Waals surface area contributed by atoms with Crippen molar-refractivity contribution >= 4 is 17.3 Å². The van der Waals surface area contributed by atoms with Crippen molar-refractivity contribution in [3.05, 3.63) is 16.1 Å². The zero-order chi connectivity index (χ0) is 11.6. The van der Waals surface area contributed by atoms with Crippen LogP contribution in [-0.2, 0) is 16.0 Å². The van der Waals surface area contributed by atoms with Gasteiger partial charge in [-0.05, 0) is 26.2 Å². The van der Waals surface area contributed by atoms with Crippen molar-refractivity contribution in [2.45, 2.75) is 26.2 Å². The average Bonchev–Trinajstić information content (AvgIpc) is 2.84. The maximum atomic E-state index is 11.3. The van der Waals surface area contributed by atoms with Crippen molar-refractivity contribution in [2.24, 2.45) is 5.41 Å². The molecule has 0 radical (unpaired) electrons. The first-order valence-electron chi connectivity index (χ1n) is 5.34. The van der Waals surface area contributed by atoms with Gasteiger partial charge in [0.1, 0.15) is 0 Å². The molecule has 5 heteroatoms. The van der Waals surface area contributed by atoms with E-state index in [9.17, 15) is 9.90 Å². The number of carboxylic acids is 1. The Morgan fingerprint density at radius 1 is 1.75 bits per heavy atom. The Morgan fingerprint density at radius 3 is 3.06 bits per heavy atom. The number of carboxylic acid groups (broad SMARTS) is 1. The van der Waals surface area contributed by atoms with Crippen molar-refractivity contribution in [1.29, 1.82) is 0 Å². The second-order valence-electron chi connectivity index (χ2n) is 4.25. The third-order valence-corrected chi connectivity index (χ3v) is 4.23. The number of hydrogen-bond donors (Lipinski definition) is 1. The SMILES string of the molecule is Cc1ncsc1CCC1(C(=O)O)CCOC1. The molecule has 1 atom stereocenters. The normalized spacial score (nSPS) is 24.8. The minimum Gasteiger partial charge on any atom is -0.481 e. The Bertz CT molecular complexity index is 382. The summed E-state index contributed by atoms with van der Waals surface area (Å²) < 4.78 is 5.23. The van der Waals surface area contributed by atoms with Gasteiger partial charge in [-0.2, -0.15) is 0 Å². The largest absolute Gasteiger partial charge is 0.481 e. The van der Waals surface area contributed by atoms with Crippen LogP contribution in [0.3, 0.4) is 0 Å². The van der Waals surface area contributed by atoms with Gasteiger partial charge in [-0.25, -0.2) is 4.98 Å². The molecule has 1 fully saturated rings. The molecule has 1 aromatic rings. The molecule has 88 valence electrons. The van der Waals surface area contributed by atoms with Gasteiger partial charge in [0, 0.05) is 11.5 Å². The van der Waals surface area contributed by atoms with E-state index in [1.54, 1.807) is 11.3 Å². The molecule has 16 heavy (non-hydrogen) atoms. The van der Waals surface area contributed by atoms with Crippen LogP contribution < -0.4 is 0 Å². The highest BCUT2D eigenvalue weighted by Crippen LogP contribution is 2.34. The Kier molecular flexibility index (Phi) is 3.25. The number of aryl methyl sites for hydroxylation is 2. The Balaban J connectivity index is 2.03. The molecule has 0 amide bonds. The van der Waals surface area contributed by atoms with Gasteiger partial charge in [-0.3, -0.25) is 4.79 Å². The van der Waals surface area contributed by atoms with Crippen LogP contribution in [0.1, 0.15) is 23.4 Å². The van der Waals surface area contributed by atoms with Crippen molar-refractivity contribution in [3.63, 3.8) is 0 Å². The van der Waals surface area contributed by atoms with E-state index in [1.807, 2.05) is 12.4 Å². The van der Waals surface area contributed by atoms with E-state index in [0.29, 0.717) is 26.1 Å². The van der Waals surface area contributed by atoms with E-state index in [1.165, 1.54) is 4.88 Å². The lowest BCUT2D eigenvalue weighted by Crippen LogP contribution is -2.32. The fraction of sp³-hybridized carbons (Fsp3) is 0.636. The molecule has 1 aliphatic rings. The number of aliphatic carboxylic acids is 1. The summed E-state index contributed by atoms with van der Waals surface area (Å²) in [5.74, 6) is -0.729. The van der Waals surface area contributed by atoms with Crippen molar-refractivity contribution in [1.82, 2.24) is 4.98 Å². The van der Waals surface area contributed by atoms with Crippen molar-refractivity contribution in [3.8, 4) is 0 Å². The highest BCUT2D eigenvalue weighted by atomic mass is 32.1. The van der Waals surface area contributed by atoms with E-state index in [-0.39, 0.29) is 0 Å². The van der Waals surface area contributed by atoms with Crippen LogP contribution in [0.25, 0.3) is 0 Å². The molecule has 1 saturated heterocycles. The zero-order valence-corrected chi connectivity index (χ0v) is 10.0. The van der Waals surface area contributed by atoms with Crippen LogP contribution in [0.2, 0.25) is 0 Å². The smallest absolute Gasteiger partial charge is 0.312 e. The molecule has 0 spiro atoms. The molecule has 2 heterocycles. The number of aromatic nitrogens is 1. The Hall–Kier alpha value is -0.940. The fourth-order valence-electron chi connectivity index (χ4n) is 2.00. The lowest BCUT2D eigenvalue weighted by Gasteiger charge is -2.21. The van der Waals surface area contributed by atoms with Gasteiger partial charge in [0.25, 0.3) is 0 Å². The van der Waals surface area contributed by atoms with Crippen LogP contribution in [0.4, 0.5) is 0 Å². The predicted molar refractivity (Wildman–Crippen MR) is 60.7 cm³/mol. The maximum absolute atomic E-state index is 11.3. The molecule has 1 aliphatic heterocycles. The first-order chi connectivity index (χ1) is 7.64. The molecule has 0 aromatic carbocycles. The van der Waals surface area contributed by atoms with E-state index in [2.05, 4.69) is 4.98 Å². The Morgan fingerprint density at radius 2 is 2.56 bits per heavy atom. The molecule has 0 aliphatic carbocycles. The summed E-state index contributed by atoms with van der Waals surface area (Å²) in [5, 5.41) is 9.27. The highest BCUT2D eigenvalue weighted by Gasteiger charge is 2.42. The molecule has 1 aromatic heterocycles. The van der Waals surface area contributed by atoms with E-state index in [4.69, 9.17) is 4.74 Å². The molecule has 0 saturated carbocycles. The van der Waals surface area contributed by atoms with Crippen LogP contribution in [-0.4, -0.2) is 29.3 Å². The summed E-state index contributed by atoms with van der Waals surface area (Å²) in [7, 11) is 0. The van der Waals surface area contributed by atoms with E-state index >= 15 is 0 Å². The minimum absolute atomic E-state index is 0.347. The minimum atomic E-state index is -0.729. The van der Waals surface area contributed by atoms with Gasteiger partial charge in [-0.1, -0.05) is 0 Å². The second kappa shape index (κ2) is 4.51. The molecular formula is C11H15NO3S. The Labute approximate surface area is 98.3 Å². The molecular weight excluding hydrogens is 226 g/mol. The fourth-order valence-corrected chi connectivity index (χ4v) is 2.78. The van der Waals surface area contributed by atoms with Crippen molar-refractivity contribution < 1.29 is 14.6 Å². The van der Waals surface area contributed by atoms with Gasteiger partial charge < -0.3 is 9.84 Å². The van der Waals surface area contributed by atoms with Gasteiger partial charge in [0.2, 0.25) is 0 Å². The topological polar surface area (TPSA) is 59.4 Å². The lowest BCUT2D eigenvalue weighted by atomic mass is 9.82. The van der Waals surface area contributed by atoms with Crippen molar-refractivity contribution in [2.75, 3.05) is 13.2 Å². The van der Waals surface area contributed by atoms with Gasteiger partial charge >= 0.3 is 5.97 Å². The summed E-state index contributed by atoms with van der Waals surface area (Å²) in [6.45, 7) is 2.87. The molecule has 0 bridgehead atoms. The molecule has 2 rings (SSSR count). The van der Waals surface area contributed by atoms with Crippen LogP contribution in [0.5, 0.6) is 0 Å². The summed E-state index contributed by atoms with van der Waals surface area (Å²) in [6.07, 6.45) is 2.05. The second-order valence-corrected chi connectivity index (χ2v) is 5.19. The summed E-state index contributed by atoms with van der Waals surface area (Å²) >= 11 is 1.60. The lowest BCUT2D eigenvalue weighted by molar-refractivity contribution is -0.149. The van der Waals surface area contributed by atoms with Crippen LogP contribution >= 0.6 is 11.3 Å². The standard InChI is InChI=1S/C11H15NO3S/c1-8-9(16-7-12-8)2-3-11(10(13)14)4-5-15-6-11/h7H,2-6H2,1H3,(H,13,14). The number of nitrogens with zero attached hydrogens (tertiary/aromatic N) is 1. The summed E-state index contributed by atoms with van der Waals surface area (Å²) in [4.78, 5) is 16.6. The summed E-state index contributed by atoms with van der Waals surface area (Å²) in [6, 6.07) is 0. The van der Waals surface area contributed by atoms with Gasteiger partial charge in [0.05, 0.1) is 23.2 Å². The quantitative estimate of drug-likeness (QED) is 0.874. The van der Waals surface area contributed by atoms with Crippen LogP contribution in [0, 0.1) is 12.3 Å². The number of thiazole rings is 1. The first kappa shape index (κ1) is 11.5. The third-order valence-electron chi connectivity index (χ3n) is 3.23. The number of ether oxygens (including phenoxy) is 1. The highest BCUT2D eigenvalue weighted by molar-refractivity contribution is 7.09. The van der Waals surface area contributed by atoms with Crippen LogP contribution in [0.15, 0.2) is 5.51 Å². The number of carbonyl (C=O) groups is 1. The molecule has 1 unspecified atom stereocenters. The zero-order valence-electron chi connectivity index (χ0n) is 9.23. The summed E-state index contributed by atoms with van der Waals surface area (Å²) in [5.41, 5.74) is 2.16. The monoisotopic (exact) mass is 241 g/mol. The number of hydrogen-bond acceptors (Lipinski definition) is 4. The first-order valence-corrected chi connectivity index (χ1v) is 6.22. The number of rotatable bonds is 4. The third kappa shape index (κ3) is 2.10. The van der Waals surface area contributed by atoms with E-state index in [0.717, 1.165) is 12.1 Å². The average molecular weight is 241 g/mol. The predicted octanol–water partition coefficient (Wildman–Crippen LogP) is 1.88. The molecule has 1 N–H and O–H groups in total. The van der Waals surface area contributed by atoms with E-state index < -0.39 is 11.4 Å². The van der Waals surface area contributed by atoms with Gasteiger partial charge in [-0.15, -0.1) is 11.3 Å². The van der Waals surface area contributed by atoms with Gasteiger partial charge in [0.15, 0.2) is 0 Å².